The number of hydrogen-bond donors (Lipinski definition) is 1. The molecule has 1 N–H and O–H groups in total. The number of nitrogens with one attached hydrogen (secondary N) is 1. The van der Waals surface area contributed by atoms with Gasteiger partial charge in [-0.25, -0.2) is 0 Å². The number of nitrogens with zero attached hydrogens (tertiary/aromatic N) is 1. The molecule has 1 aromatic carbocycles. The van der Waals surface area contributed by atoms with Gasteiger partial charge >= 0.3 is 0 Å². The predicted molar refractivity (Wildman–Crippen MR) is 76.0 cm³/mol. The highest BCUT2D eigenvalue weighted by Gasteiger charge is 2.38. The van der Waals surface area contributed by atoms with Crippen molar-refractivity contribution in [2.75, 3.05) is 27.2 Å². The normalized spacial score (nSPS) is 24.3. The maximum Gasteiger partial charge on any atom is 0.0327 e. The third kappa shape index (κ3) is 1.98. The summed E-state index contributed by atoms with van der Waals surface area (Å²) in [5, 5.41) is 3.71. The summed E-state index contributed by atoms with van der Waals surface area (Å²) in [6.07, 6.45) is 5.37. The molecule has 0 heterocycles. The Morgan fingerprint density at radius 1 is 1.28 bits per heavy atom. The summed E-state index contributed by atoms with van der Waals surface area (Å²) in [6, 6.07) is 8.87. The van der Waals surface area contributed by atoms with Crippen molar-refractivity contribution in [3.63, 3.8) is 0 Å². The molecule has 0 aromatic heterocycles. The van der Waals surface area contributed by atoms with E-state index in [1.165, 1.54) is 25.7 Å². The summed E-state index contributed by atoms with van der Waals surface area (Å²) in [6.45, 7) is 2.30. The highest BCUT2D eigenvalue weighted by molar-refractivity contribution is 5.40. The van der Waals surface area contributed by atoms with Gasteiger partial charge < -0.3 is 10.2 Å². The molecule has 2 heteroatoms. The molecule has 18 heavy (non-hydrogen) atoms. The molecular weight excluding hydrogens is 220 g/mol. The Bertz CT molecular complexity index is 421. The number of benzene rings is 1. The second kappa shape index (κ2) is 4.67. The highest BCUT2D eigenvalue weighted by atomic mass is 15.2. The summed E-state index contributed by atoms with van der Waals surface area (Å²) >= 11 is 0. The van der Waals surface area contributed by atoms with Crippen LogP contribution in [0.4, 0.5) is 0 Å². The third-order valence-electron chi connectivity index (χ3n) is 5.04. The largest absolute Gasteiger partial charge is 0.314 e. The van der Waals surface area contributed by atoms with Crippen LogP contribution in [0.15, 0.2) is 24.3 Å². The van der Waals surface area contributed by atoms with Crippen LogP contribution in [0.1, 0.15) is 36.3 Å². The second-order valence-corrected chi connectivity index (χ2v) is 6.20. The standard InChI is InChI=1S/C16H24N2/c1-18(2)16(8-5-9-16)12-17-11-14-10-13-6-3-4-7-15(13)14/h3-4,6-7,14,17H,5,8-12H2,1-2H3. The topological polar surface area (TPSA) is 15.3 Å². The first-order valence-electron chi connectivity index (χ1n) is 7.17. The van der Waals surface area contributed by atoms with Crippen LogP contribution in [0, 0.1) is 0 Å². The molecule has 1 saturated carbocycles. The monoisotopic (exact) mass is 244 g/mol. The summed E-state index contributed by atoms with van der Waals surface area (Å²) in [7, 11) is 4.44. The van der Waals surface area contributed by atoms with Gasteiger partial charge in [0.2, 0.25) is 0 Å². The van der Waals surface area contributed by atoms with Gasteiger partial charge in [-0.15, -0.1) is 0 Å². The van der Waals surface area contributed by atoms with Gasteiger partial charge in [0.25, 0.3) is 0 Å². The number of rotatable bonds is 5. The predicted octanol–water partition coefficient (Wildman–Crippen LogP) is 2.40. The van der Waals surface area contributed by atoms with Crippen LogP contribution >= 0.6 is 0 Å². The van der Waals surface area contributed by atoms with E-state index in [0.29, 0.717) is 5.54 Å². The Labute approximate surface area is 110 Å². The van der Waals surface area contributed by atoms with E-state index < -0.39 is 0 Å². The summed E-state index contributed by atoms with van der Waals surface area (Å²) in [5.41, 5.74) is 3.57. The molecule has 0 radical (unpaired) electrons. The number of fused-ring (bicyclic) bond motifs is 1. The molecule has 3 rings (SSSR count). The first-order valence-corrected chi connectivity index (χ1v) is 7.17. The van der Waals surface area contributed by atoms with E-state index in [9.17, 15) is 0 Å². The molecule has 0 aliphatic heterocycles. The first-order chi connectivity index (χ1) is 8.71. The van der Waals surface area contributed by atoms with Crippen LogP contribution in [0.5, 0.6) is 0 Å². The zero-order valence-corrected chi connectivity index (χ0v) is 11.6. The van der Waals surface area contributed by atoms with Crippen LogP contribution < -0.4 is 5.32 Å². The van der Waals surface area contributed by atoms with Crippen molar-refractivity contribution in [3.05, 3.63) is 35.4 Å². The van der Waals surface area contributed by atoms with E-state index in [1.54, 1.807) is 11.1 Å². The summed E-state index contributed by atoms with van der Waals surface area (Å²) in [4.78, 5) is 2.41. The van der Waals surface area contributed by atoms with Gasteiger partial charge in [-0.05, 0) is 50.9 Å². The van der Waals surface area contributed by atoms with Crippen molar-refractivity contribution >= 4 is 0 Å². The molecule has 98 valence electrons. The first kappa shape index (κ1) is 12.2. The summed E-state index contributed by atoms with van der Waals surface area (Å²) < 4.78 is 0. The summed E-state index contributed by atoms with van der Waals surface area (Å²) in [5.74, 6) is 0.750. The smallest absolute Gasteiger partial charge is 0.0327 e. The van der Waals surface area contributed by atoms with Crippen LogP contribution in [0.25, 0.3) is 0 Å². The number of likely N-dealkylation sites (N-methyl/N-ethyl adjacent to an activating group) is 1. The average molecular weight is 244 g/mol. The lowest BCUT2D eigenvalue weighted by molar-refractivity contribution is 0.0597. The Hall–Kier alpha value is -0.860. The second-order valence-electron chi connectivity index (χ2n) is 6.20. The van der Waals surface area contributed by atoms with Crippen molar-refractivity contribution in [3.8, 4) is 0 Å². The van der Waals surface area contributed by atoms with Gasteiger partial charge in [-0.3, -0.25) is 0 Å². The lowest BCUT2D eigenvalue weighted by Crippen LogP contribution is -2.56. The van der Waals surface area contributed by atoms with Gasteiger partial charge in [-0.1, -0.05) is 24.3 Å². The highest BCUT2D eigenvalue weighted by Crippen LogP contribution is 2.37. The zero-order chi connectivity index (χ0) is 12.6. The maximum absolute atomic E-state index is 3.71. The third-order valence-corrected chi connectivity index (χ3v) is 5.04. The van der Waals surface area contributed by atoms with Gasteiger partial charge in [0, 0.05) is 24.5 Å². The van der Waals surface area contributed by atoms with Gasteiger partial charge in [0.05, 0.1) is 0 Å². The SMILES string of the molecule is CN(C)C1(CNCC2Cc3ccccc32)CCC1. The van der Waals surface area contributed by atoms with E-state index in [4.69, 9.17) is 0 Å². The van der Waals surface area contributed by atoms with Gasteiger partial charge in [0.1, 0.15) is 0 Å². The van der Waals surface area contributed by atoms with E-state index in [2.05, 4.69) is 48.6 Å². The molecule has 1 unspecified atom stereocenters. The van der Waals surface area contributed by atoms with Crippen molar-refractivity contribution in [2.45, 2.75) is 37.1 Å². The minimum atomic E-state index is 0.448. The fraction of sp³-hybridized carbons (Fsp3) is 0.625. The van der Waals surface area contributed by atoms with Crippen LogP contribution in [0.3, 0.4) is 0 Å². The fourth-order valence-corrected chi connectivity index (χ4v) is 3.39. The molecule has 2 aliphatic carbocycles. The van der Waals surface area contributed by atoms with E-state index in [-0.39, 0.29) is 0 Å². The van der Waals surface area contributed by atoms with Crippen molar-refractivity contribution < 1.29 is 0 Å². The number of hydrogen-bond acceptors (Lipinski definition) is 2. The molecule has 1 atom stereocenters. The molecular formula is C16H24N2. The van der Waals surface area contributed by atoms with E-state index in [1.807, 2.05) is 0 Å². The molecule has 2 nitrogen and oxygen atoms in total. The lowest BCUT2D eigenvalue weighted by Gasteiger charge is -2.48. The lowest BCUT2D eigenvalue weighted by atomic mass is 9.75. The minimum Gasteiger partial charge on any atom is -0.314 e. The Balaban J connectivity index is 1.49. The molecule has 0 spiro atoms. The van der Waals surface area contributed by atoms with E-state index in [0.717, 1.165) is 19.0 Å². The van der Waals surface area contributed by atoms with Gasteiger partial charge in [0.15, 0.2) is 0 Å². The molecule has 1 fully saturated rings. The quantitative estimate of drug-likeness (QED) is 0.855. The van der Waals surface area contributed by atoms with Crippen molar-refractivity contribution in [2.24, 2.45) is 0 Å². The van der Waals surface area contributed by atoms with Crippen LogP contribution in [-0.2, 0) is 6.42 Å². The molecule has 0 saturated heterocycles. The van der Waals surface area contributed by atoms with E-state index >= 15 is 0 Å². The Morgan fingerprint density at radius 2 is 2.06 bits per heavy atom. The fourth-order valence-electron chi connectivity index (χ4n) is 3.39. The van der Waals surface area contributed by atoms with Crippen molar-refractivity contribution in [1.29, 1.82) is 0 Å². The average Bonchev–Trinajstić information content (AvgIpc) is 2.27. The minimum absolute atomic E-state index is 0.448. The van der Waals surface area contributed by atoms with Crippen LogP contribution in [-0.4, -0.2) is 37.6 Å². The Morgan fingerprint density at radius 3 is 2.67 bits per heavy atom. The molecule has 0 bridgehead atoms. The zero-order valence-electron chi connectivity index (χ0n) is 11.6. The van der Waals surface area contributed by atoms with Crippen molar-refractivity contribution in [1.82, 2.24) is 10.2 Å². The maximum atomic E-state index is 3.71. The van der Waals surface area contributed by atoms with Gasteiger partial charge in [-0.2, -0.15) is 0 Å². The molecule has 1 aromatic rings. The molecule has 0 amide bonds. The molecule has 2 aliphatic rings. The Kier molecular flexibility index (Phi) is 3.16. The van der Waals surface area contributed by atoms with Crippen LogP contribution in [0.2, 0.25) is 0 Å².